The van der Waals surface area contributed by atoms with Crippen LogP contribution in [0.25, 0.3) is 6.08 Å². The second-order valence-corrected chi connectivity index (χ2v) is 6.49. The lowest BCUT2D eigenvalue weighted by atomic mass is 10.2. The Kier molecular flexibility index (Phi) is 7.84. The summed E-state index contributed by atoms with van der Waals surface area (Å²) in [5, 5.41) is 6.21. The highest BCUT2D eigenvalue weighted by atomic mass is 16.5. The standard InChI is InChI=1S/C24H25N3O2/c28-24(27-17-5-16-26-22-7-2-1-3-8-22)14-11-20-9-12-23(13-10-20)29-19-21-6-4-15-25-18-21/h1-4,6-15,18,26H,5,16-17,19H2,(H,27,28). The molecule has 3 aromatic rings. The van der Waals surface area contributed by atoms with E-state index in [9.17, 15) is 4.79 Å². The second-order valence-electron chi connectivity index (χ2n) is 6.49. The molecule has 1 aromatic heterocycles. The topological polar surface area (TPSA) is 63.2 Å². The average molecular weight is 387 g/mol. The Morgan fingerprint density at radius 3 is 2.55 bits per heavy atom. The van der Waals surface area contributed by atoms with Gasteiger partial charge >= 0.3 is 0 Å². The SMILES string of the molecule is O=C(C=Cc1ccc(OCc2cccnc2)cc1)NCCCNc1ccccc1. The molecule has 3 rings (SSSR count). The number of carbonyl (C=O) groups is 1. The molecule has 0 atom stereocenters. The molecule has 1 heterocycles. The summed E-state index contributed by atoms with van der Waals surface area (Å²) in [4.78, 5) is 16.0. The van der Waals surface area contributed by atoms with E-state index in [0.717, 1.165) is 35.5 Å². The van der Waals surface area contributed by atoms with Crippen LogP contribution in [0.5, 0.6) is 5.75 Å². The number of ether oxygens (including phenoxy) is 1. The number of aromatic nitrogens is 1. The van der Waals surface area contributed by atoms with Gasteiger partial charge in [0.2, 0.25) is 5.91 Å². The summed E-state index contributed by atoms with van der Waals surface area (Å²) in [5.74, 6) is 0.683. The van der Waals surface area contributed by atoms with Gasteiger partial charge in [0.25, 0.3) is 0 Å². The summed E-state index contributed by atoms with van der Waals surface area (Å²) in [6.45, 7) is 1.92. The monoisotopic (exact) mass is 387 g/mol. The molecule has 29 heavy (non-hydrogen) atoms. The van der Waals surface area contributed by atoms with Crippen LogP contribution in [0.2, 0.25) is 0 Å². The molecule has 0 spiro atoms. The minimum atomic E-state index is -0.0957. The fraction of sp³-hybridized carbons (Fsp3) is 0.167. The molecule has 5 heteroatoms. The first-order chi connectivity index (χ1) is 14.3. The number of hydrogen-bond donors (Lipinski definition) is 2. The minimum Gasteiger partial charge on any atom is -0.489 e. The third kappa shape index (κ3) is 7.50. The van der Waals surface area contributed by atoms with Crippen LogP contribution in [0.1, 0.15) is 17.5 Å². The highest BCUT2D eigenvalue weighted by molar-refractivity contribution is 5.91. The minimum absolute atomic E-state index is 0.0957. The maximum absolute atomic E-state index is 11.9. The zero-order chi connectivity index (χ0) is 20.2. The van der Waals surface area contributed by atoms with Crippen molar-refractivity contribution in [2.24, 2.45) is 0 Å². The number of hydrogen-bond acceptors (Lipinski definition) is 4. The van der Waals surface area contributed by atoms with Gasteiger partial charge in [-0.25, -0.2) is 0 Å². The van der Waals surface area contributed by atoms with Gasteiger partial charge in [-0.15, -0.1) is 0 Å². The van der Waals surface area contributed by atoms with Crippen LogP contribution in [0, 0.1) is 0 Å². The zero-order valence-electron chi connectivity index (χ0n) is 16.3. The second kappa shape index (κ2) is 11.3. The summed E-state index contributed by atoms with van der Waals surface area (Å²) >= 11 is 0. The highest BCUT2D eigenvalue weighted by Gasteiger charge is 1.98. The Balaban J connectivity index is 1.34. The molecule has 2 N–H and O–H groups in total. The summed E-state index contributed by atoms with van der Waals surface area (Å²) < 4.78 is 5.73. The quantitative estimate of drug-likeness (QED) is 0.402. The molecule has 0 aliphatic carbocycles. The van der Waals surface area contributed by atoms with Crippen molar-refractivity contribution in [3.05, 3.63) is 96.3 Å². The third-order valence-corrected chi connectivity index (χ3v) is 4.19. The van der Waals surface area contributed by atoms with Crippen molar-refractivity contribution in [3.63, 3.8) is 0 Å². The fourth-order valence-electron chi connectivity index (χ4n) is 2.64. The van der Waals surface area contributed by atoms with E-state index in [2.05, 4.69) is 15.6 Å². The van der Waals surface area contributed by atoms with Crippen LogP contribution in [0.3, 0.4) is 0 Å². The molecule has 0 fully saturated rings. The third-order valence-electron chi connectivity index (χ3n) is 4.19. The van der Waals surface area contributed by atoms with Gasteiger partial charge in [0, 0.05) is 42.8 Å². The Morgan fingerprint density at radius 2 is 1.79 bits per heavy atom. The van der Waals surface area contributed by atoms with Crippen molar-refractivity contribution in [1.29, 1.82) is 0 Å². The molecular formula is C24H25N3O2. The summed E-state index contributed by atoms with van der Waals surface area (Å²) in [6, 6.07) is 21.5. The van der Waals surface area contributed by atoms with E-state index < -0.39 is 0 Å². The largest absolute Gasteiger partial charge is 0.489 e. The molecule has 2 aromatic carbocycles. The van der Waals surface area contributed by atoms with E-state index in [0.29, 0.717) is 13.2 Å². The van der Waals surface area contributed by atoms with Gasteiger partial charge in [0.15, 0.2) is 0 Å². The Labute approximate surface area is 171 Å². The van der Waals surface area contributed by atoms with Gasteiger partial charge in [-0.2, -0.15) is 0 Å². The molecule has 0 aliphatic heterocycles. The van der Waals surface area contributed by atoms with E-state index in [1.165, 1.54) is 0 Å². The van der Waals surface area contributed by atoms with Crippen molar-refractivity contribution < 1.29 is 9.53 Å². The highest BCUT2D eigenvalue weighted by Crippen LogP contribution is 2.15. The van der Waals surface area contributed by atoms with E-state index in [1.54, 1.807) is 24.5 Å². The predicted octanol–water partition coefficient (Wildman–Crippen LogP) is 4.29. The summed E-state index contributed by atoms with van der Waals surface area (Å²) in [6.07, 6.45) is 7.73. The van der Waals surface area contributed by atoms with E-state index in [4.69, 9.17) is 4.74 Å². The van der Waals surface area contributed by atoms with Crippen molar-refractivity contribution in [2.45, 2.75) is 13.0 Å². The normalized spacial score (nSPS) is 10.6. The molecule has 0 bridgehead atoms. The number of anilines is 1. The number of para-hydroxylation sites is 1. The maximum Gasteiger partial charge on any atom is 0.244 e. The average Bonchev–Trinajstić information content (AvgIpc) is 2.78. The van der Waals surface area contributed by atoms with Crippen molar-refractivity contribution in [1.82, 2.24) is 10.3 Å². The molecule has 0 radical (unpaired) electrons. The van der Waals surface area contributed by atoms with Gasteiger partial charge < -0.3 is 15.4 Å². The molecule has 0 aliphatic rings. The van der Waals surface area contributed by atoms with Crippen LogP contribution >= 0.6 is 0 Å². The molecule has 0 saturated heterocycles. The van der Waals surface area contributed by atoms with Crippen molar-refractivity contribution in [2.75, 3.05) is 18.4 Å². The predicted molar refractivity (Wildman–Crippen MR) is 117 cm³/mol. The maximum atomic E-state index is 11.9. The van der Waals surface area contributed by atoms with E-state index in [1.807, 2.05) is 66.7 Å². The van der Waals surface area contributed by atoms with E-state index in [-0.39, 0.29) is 5.91 Å². The van der Waals surface area contributed by atoms with Crippen LogP contribution < -0.4 is 15.4 Å². The number of rotatable bonds is 10. The van der Waals surface area contributed by atoms with Crippen LogP contribution in [-0.2, 0) is 11.4 Å². The van der Waals surface area contributed by atoms with Gasteiger partial charge in [-0.1, -0.05) is 36.4 Å². The lowest BCUT2D eigenvalue weighted by Gasteiger charge is -2.06. The van der Waals surface area contributed by atoms with Crippen LogP contribution in [0.4, 0.5) is 5.69 Å². The smallest absolute Gasteiger partial charge is 0.244 e. The van der Waals surface area contributed by atoms with Gasteiger partial charge in [0.05, 0.1) is 0 Å². The molecular weight excluding hydrogens is 362 g/mol. The lowest BCUT2D eigenvalue weighted by molar-refractivity contribution is -0.116. The number of pyridine rings is 1. The van der Waals surface area contributed by atoms with Gasteiger partial charge in [0.1, 0.15) is 12.4 Å². The molecule has 0 saturated carbocycles. The van der Waals surface area contributed by atoms with Crippen molar-refractivity contribution >= 4 is 17.7 Å². The molecule has 1 amide bonds. The first kappa shape index (κ1) is 20.1. The van der Waals surface area contributed by atoms with Crippen LogP contribution in [0.15, 0.2) is 85.2 Å². The number of amides is 1. The molecule has 0 unspecified atom stereocenters. The van der Waals surface area contributed by atoms with Crippen molar-refractivity contribution in [3.8, 4) is 5.75 Å². The van der Waals surface area contributed by atoms with Gasteiger partial charge in [-0.05, 0) is 48.4 Å². The Bertz CT molecular complexity index is 894. The van der Waals surface area contributed by atoms with E-state index >= 15 is 0 Å². The summed E-state index contributed by atoms with van der Waals surface area (Å²) in [5.41, 5.74) is 3.05. The number of nitrogens with one attached hydrogen (secondary N) is 2. The molecule has 148 valence electrons. The fourth-order valence-corrected chi connectivity index (χ4v) is 2.64. The first-order valence-electron chi connectivity index (χ1n) is 9.66. The zero-order valence-corrected chi connectivity index (χ0v) is 16.3. The number of nitrogens with zero attached hydrogens (tertiary/aromatic N) is 1. The van der Waals surface area contributed by atoms with Gasteiger partial charge in [-0.3, -0.25) is 9.78 Å². The molecule has 5 nitrogen and oxygen atoms in total. The Morgan fingerprint density at radius 1 is 0.966 bits per heavy atom. The number of carbonyl (C=O) groups excluding carboxylic acids is 1. The van der Waals surface area contributed by atoms with Crippen LogP contribution in [-0.4, -0.2) is 24.0 Å². The number of benzene rings is 2. The summed E-state index contributed by atoms with van der Waals surface area (Å²) in [7, 11) is 0. The Hall–Kier alpha value is -3.60. The lowest BCUT2D eigenvalue weighted by Crippen LogP contribution is -2.23. The first-order valence-corrected chi connectivity index (χ1v) is 9.66.